The quantitative estimate of drug-likeness (QED) is 0.601. The molecule has 0 spiro atoms. The maximum absolute atomic E-state index is 10.8. The van der Waals surface area contributed by atoms with Crippen LogP contribution in [0.25, 0.3) is 0 Å². The number of aliphatic hydroxyl groups is 2. The van der Waals surface area contributed by atoms with Gasteiger partial charge >= 0.3 is 0 Å². The van der Waals surface area contributed by atoms with Gasteiger partial charge in [-0.3, -0.25) is 0 Å². The van der Waals surface area contributed by atoms with Gasteiger partial charge in [0.15, 0.2) is 0 Å². The highest BCUT2D eigenvalue weighted by molar-refractivity contribution is 5.21. The Labute approximate surface area is 151 Å². The molecule has 2 aromatic rings. The molecule has 0 fully saturated rings. The molecule has 25 heavy (non-hydrogen) atoms. The molecule has 0 unspecified atom stereocenters. The minimum Gasteiger partial charge on any atom is -0.387 e. The molecule has 0 aromatic heterocycles. The van der Waals surface area contributed by atoms with E-state index in [1.165, 1.54) is 0 Å². The van der Waals surface area contributed by atoms with Crippen LogP contribution in [0.4, 0.5) is 0 Å². The summed E-state index contributed by atoms with van der Waals surface area (Å²) < 4.78 is 0. The fourth-order valence-corrected chi connectivity index (χ4v) is 3.33. The van der Waals surface area contributed by atoms with E-state index >= 15 is 0 Å². The van der Waals surface area contributed by atoms with Gasteiger partial charge in [-0.25, -0.2) is 0 Å². The molecule has 136 valence electrons. The lowest BCUT2D eigenvalue weighted by atomic mass is 9.93. The second-order valence-electron chi connectivity index (χ2n) is 6.67. The van der Waals surface area contributed by atoms with Crippen LogP contribution < -0.4 is 5.32 Å². The van der Waals surface area contributed by atoms with Crippen molar-refractivity contribution in [1.29, 1.82) is 0 Å². The van der Waals surface area contributed by atoms with E-state index in [-0.39, 0.29) is 12.1 Å². The van der Waals surface area contributed by atoms with E-state index in [2.05, 4.69) is 19.2 Å². The minimum absolute atomic E-state index is 0.0812. The Kier molecular flexibility index (Phi) is 8.13. The highest BCUT2D eigenvalue weighted by Gasteiger charge is 2.27. The van der Waals surface area contributed by atoms with E-state index in [1.807, 2.05) is 60.7 Å². The Balaban J connectivity index is 2.15. The first kappa shape index (κ1) is 19.6. The van der Waals surface area contributed by atoms with Crippen LogP contribution in [0.3, 0.4) is 0 Å². The predicted molar refractivity (Wildman–Crippen MR) is 103 cm³/mol. The lowest BCUT2D eigenvalue weighted by Gasteiger charge is -2.32. The third-order valence-corrected chi connectivity index (χ3v) is 4.67. The summed E-state index contributed by atoms with van der Waals surface area (Å²) in [6.45, 7) is 4.24. The monoisotopic (exact) mass is 341 g/mol. The summed E-state index contributed by atoms with van der Waals surface area (Å²) in [5.41, 5.74) is 1.83. The summed E-state index contributed by atoms with van der Waals surface area (Å²) in [4.78, 5) is 0. The Hall–Kier alpha value is -1.68. The van der Waals surface area contributed by atoms with Crippen LogP contribution in [0, 0.1) is 0 Å². The van der Waals surface area contributed by atoms with Crippen molar-refractivity contribution >= 4 is 0 Å². The normalized spacial score (nSPS) is 16.2. The number of rotatable bonds is 10. The summed E-state index contributed by atoms with van der Waals surface area (Å²) >= 11 is 0. The highest BCUT2D eigenvalue weighted by atomic mass is 16.3. The molecule has 0 saturated heterocycles. The fourth-order valence-electron chi connectivity index (χ4n) is 3.33. The molecule has 0 saturated carbocycles. The first-order chi connectivity index (χ1) is 12.2. The molecule has 3 heteroatoms. The van der Waals surface area contributed by atoms with Crippen molar-refractivity contribution in [3.05, 3.63) is 71.8 Å². The van der Waals surface area contributed by atoms with E-state index in [4.69, 9.17) is 0 Å². The van der Waals surface area contributed by atoms with E-state index in [1.54, 1.807) is 0 Å². The molecule has 0 aliphatic carbocycles. The molecule has 0 aliphatic heterocycles. The van der Waals surface area contributed by atoms with Crippen LogP contribution in [0.5, 0.6) is 0 Å². The number of benzene rings is 2. The second-order valence-corrected chi connectivity index (χ2v) is 6.67. The summed E-state index contributed by atoms with van der Waals surface area (Å²) in [6, 6.07) is 19.4. The van der Waals surface area contributed by atoms with Gasteiger partial charge in [0.2, 0.25) is 0 Å². The smallest absolute Gasteiger partial charge is 0.0943 e. The van der Waals surface area contributed by atoms with E-state index in [9.17, 15) is 10.2 Å². The number of hydrogen-bond acceptors (Lipinski definition) is 3. The molecule has 3 N–H and O–H groups in total. The first-order valence-corrected chi connectivity index (χ1v) is 9.39. The van der Waals surface area contributed by atoms with Crippen LogP contribution in [-0.2, 0) is 0 Å². The predicted octanol–water partition coefficient (Wildman–Crippen LogP) is 4.38. The molecule has 2 rings (SSSR count). The molecular formula is C22H31NO2. The van der Waals surface area contributed by atoms with Gasteiger partial charge in [0.05, 0.1) is 12.2 Å². The van der Waals surface area contributed by atoms with Crippen molar-refractivity contribution in [3.8, 4) is 0 Å². The summed E-state index contributed by atoms with van der Waals surface area (Å²) in [7, 11) is 0. The zero-order chi connectivity index (χ0) is 18.1. The van der Waals surface area contributed by atoms with Crippen molar-refractivity contribution in [2.24, 2.45) is 0 Å². The lowest BCUT2D eigenvalue weighted by Crippen LogP contribution is -2.45. The van der Waals surface area contributed by atoms with Crippen molar-refractivity contribution in [2.75, 3.05) is 0 Å². The van der Waals surface area contributed by atoms with Gasteiger partial charge in [-0.1, -0.05) is 87.4 Å². The number of aliphatic hydroxyl groups excluding tert-OH is 2. The number of hydrogen-bond donors (Lipinski definition) is 3. The van der Waals surface area contributed by atoms with E-state index in [0.29, 0.717) is 0 Å². The number of nitrogens with one attached hydrogen (secondary N) is 1. The topological polar surface area (TPSA) is 52.5 Å². The molecule has 0 aliphatic rings. The lowest BCUT2D eigenvalue weighted by molar-refractivity contribution is 0.0745. The molecule has 0 radical (unpaired) electrons. The highest BCUT2D eigenvalue weighted by Crippen LogP contribution is 2.25. The van der Waals surface area contributed by atoms with Gasteiger partial charge in [-0.05, 0) is 24.0 Å². The van der Waals surface area contributed by atoms with Crippen molar-refractivity contribution < 1.29 is 10.2 Å². The zero-order valence-corrected chi connectivity index (χ0v) is 15.3. The average molecular weight is 341 g/mol. The van der Waals surface area contributed by atoms with Gasteiger partial charge in [0.1, 0.15) is 0 Å². The largest absolute Gasteiger partial charge is 0.387 e. The van der Waals surface area contributed by atoms with Gasteiger partial charge in [0, 0.05) is 12.1 Å². The first-order valence-electron chi connectivity index (χ1n) is 9.39. The summed E-state index contributed by atoms with van der Waals surface area (Å²) in [6.07, 6.45) is 2.51. The molecular weight excluding hydrogens is 310 g/mol. The van der Waals surface area contributed by atoms with Crippen molar-refractivity contribution in [3.63, 3.8) is 0 Å². The third kappa shape index (κ3) is 5.67. The van der Waals surface area contributed by atoms with Gasteiger partial charge in [-0.2, -0.15) is 0 Å². The summed E-state index contributed by atoms with van der Waals surface area (Å²) in [5, 5.41) is 25.2. The second kappa shape index (κ2) is 10.3. The maximum atomic E-state index is 10.8. The van der Waals surface area contributed by atoms with Gasteiger partial charge < -0.3 is 15.5 Å². The fraction of sp³-hybridized carbons (Fsp3) is 0.455. The molecule has 0 heterocycles. The molecule has 3 nitrogen and oxygen atoms in total. The van der Waals surface area contributed by atoms with Crippen LogP contribution in [0.1, 0.15) is 62.9 Å². The molecule has 0 bridgehead atoms. The van der Waals surface area contributed by atoms with Gasteiger partial charge in [-0.15, -0.1) is 0 Å². The molecule has 0 amide bonds. The van der Waals surface area contributed by atoms with Crippen LogP contribution in [0.2, 0.25) is 0 Å². The average Bonchev–Trinajstić information content (AvgIpc) is 2.67. The third-order valence-electron chi connectivity index (χ3n) is 4.67. The Bertz CT molecular complexity index is 534. The maximum Gasteiger partial charge on any atom is 0.0943 e. The SMILES string of the molecule is CCC[C@H](N[C@H](CCC)[C@@H](O)c1ccccc1)[C@H](O)c1ccccc1. The molecule has 4 atom stereocenters. The van der Waals surface area contributed by atoms with Crippen LogP contribution >= 0.6 is 0 Å². The Morgan fingerprint density at radius 2 is 1.04 bits per heavy atom. The van der Waals surface area contributed by atoms with Crippen molar-refractivity contribution in [2.45, 2.75) is 63.8 Å². The minimum atomic E-state index is -0.580. The van der Waals surface area contributed by atoms with Crippen LogP contribution in [-0.4, -0.2) is 22.3 Å². The van der Waals surface area contributed by atoms with Crippen LogP contribution in [0.15, 0.2) is 60.7 Å². The zero-order valence-electron chi connectivity index (χ0n) is 15.3. The van der Waals surface area contributed by atoms with Gasteiger partial charge in [0.25, 0.3) is 0 Å². The summed E-state index contributed by atoms with van der Waals surface area (Å²) in [5.74, 6) is 0. The standard InChI is InChI=1S/C22H31NO2/c1-3-11-19(21(24)17-13-7-5-8-14-17)23-20(12-4-2)22(25)18-15-9-6-10-16-18/h5-10,13-16,19-25H,3-4,11-12H2,1-2H3/t19-,20+,21+,22-. The Morgan fingerprint density at radius 1 is 0.680 bits per heavy atom. The van der Waals surface area contributed by atoms with E-state index in [0.717, 1.165) is 36.8 Å². The van der Waals surface area contributed by atoms with E-state index < -0.39 is 12.2 Å². The van der Waals surface area contributed by atoms with Crippen molar-refractivity contribution in [1.82, 2.24) is 5.32 Å². The Morgan fingerprint density at radius 3 is 1.36 bits per heavy atom. The molecule has 2 aromatic carbocycles.